The second-order valence-electron chi connectivity index (χ2n) is 4.93. The van der Waals surface area contributed by atoms with Crippen molar-refractivity contribution >= 4 is 15.7 Å². The molecule has 2 unspecified atom stereocenters. The molecule has 2 atom stereocenters. The van der Waals surface area contributed by atoms with Gasteiger partial charge in [0.1, 0.15) is 5.92 Å². The van der Waals surface area contributed by atoms with Gasteiger partial charge in [-0.05, 0) is 18.4 Å². The zero-order valence-corrected chi connectivity index (χ0v) is 11.8. The summed E-state index contributed by atoms with van der Waals surface area (Å²) in [5, 5.41) is 11.8. The van der Waals surface area contributed by atoms with Gasteiger partial charge >= 0.3 is 0 Å². The Morgan fingerprint density at radius 1 is 1.35 bits per heavy atom. The van der Waals surface area contributed by atoms with Crippen LogP contribution >= 0.6 is 0 Å². The molecular formula is C14H16N2O3S. The molecular weight excluding hydrogens is 276 g/mol. The smallest absolute Gasteiger partial charge is 0.242 e. The van der Waals surface area contributed by atoms with Gasteiger partial charge in [0.15, 0.2) is 9.84 Å². The standard InChI is InChI=1S/C14H16N2O3S/c15-9-13(11-5-2-1-3-6-11)14(17)16-12-7-4-8-20(18,19)10-12/h1-3,5-6,12-13H,4,7-8,10H2,(H,16,17). The lowest BCUT2D eigenvalue weighted by Gasteiger charge is -2.24. The van der Waals surface area contributed by atoms with Crippen LogP contribution in [-0.4, -0.2) is 31.9 Å². The van der Waals surface area contributed by atoms with Crippen molar-refractivity contribution in [1.82, 2.24) is 5.32 Å². The Bertz CT molecular complexity index is 620. The van der Waals surface area contributed by atoms with E-state index < -0.39 is 21.7 Å². The number of rotatable bonds is 3. The number of sulfone groups is 1. The van der Waals surface area contributed by atoms with Gasteiger partial charge in [0.05, 0.1) is 17.6 Å². The SMILES string of the molecule is N#CC(C(=O)NC1CCCS(=O)(=O)C1)c1ccccc1. The van der Waals surface area contributed by atoms with Crippen molar-refractivity contribution in [3.63, 3.8) is 0 Å². The predicted molar refractivity (Wildman–Crippen MR) is 74.6 cm³/mol. The number of nitrogens with zero attached hydrogens (tertiary/aromatic N) is 1. The largest absolute Gasteiger partial charge is 0.351 e. The highest BCUT2D eigenvalue weighted by molar-refractivity contribution is 7.91. The van der Waals surface area contributed by atoms with Crippen LogP contribution < -0.4 is 5.32 Å². The van der Waals surface area contributed by atoms with Crippen LogP contribution in [0.1, 0.15) is 24.3 Å². The van der Waals surface area contributed by atoms with Crippen LogP contribution in [0, 0.1) is 11.3 Å². The lowest BCUT2D eigenvalue weighted by Crippen LogP contribution is -2.44. The van der Waals surface area contributed by atoms with Crippen molar-refractivity contribution in [2.45, 2.75) is 24.8 Å². The Morgan fingerprint density at radius 2 is 2.05 bits per heavy atom. The van der Waals surface area contributed by atoms with E-state index in [-0.39, 0.29) is 17.5 Å². The van der Waals surface area contributed by atoms with Gasteiger partial charge in [-0.25, -0.2) is 8.42 Å². The van der Waals surface area contributed by atoms with Crippen molar-refractivity contribution in [1.29, 1.82) is 5.26 Å². The number of nitriles is 1. The maximum atomic E-state index is 12.1. The molecule has 1 aliphatic rings. The second-order valence-corrected chi connectivity index (χ2v) is 7.16. The normalized spacial score (nSPS) is 22.4. The summed E-state index contributed by atoms with van der Waals surface area (Å²) in [6, 6.07) is 10.3. The highest BCUT2D eigenvalue weighted by Gasteiger charge is 2.28. The van der Waals surface area contributed by atoms with Crippen LogP contribution in [0.25, 0.3) is 0 Å². The molecule has 106 valence electrons. The maximum Gasteiger partial charge on any atom is 0.242 e. The Morgan fingerprint density at radius 3 is 2.65 bits per heavy atom. The van der Waals surface area contributed by atoms with Gasteiger partial charge in [-0.15, -0.1) is 0 Å². The van der Waals surface area contributed by atoms with E-state index in [2.05, 4.69) is 5.32 Å². The first kappa shape index (κ1) is 14.5. The molecule has 1 N–H and O–H groups in total. The Hall–Kier alpha value is -1.87. The molecule has 0 spiro atoms. The summed E-state index contributed by atoms with van der Waals surface area (Å²) < 4.78 is 23.1. The number of hydrogen-bond acceptors (Lipinski definition) is 4. The molecule has 6 heteroatoms. The van der Waals surface area contributed by atoms with Gasteiger partial charge in [0.25, 0.3) is 0 Å². The van der Waals surface area contributed by atoms with E-state index >= 15 is 0 Å². The fraction of sp³-hybridized carbons (Fsp3) is 0.429. The summed E-state index contributed by atoms with van der Waals surface area (Å²) in [5.74, 6) is -1.19. The summed E-state index contributed by atoms with van der Waals surface area (Å²) in [4.78, 5) is 12.1. The lowest BCUT2D eigenvalue weighted by atomic mass is 9.99. The molecule has 1 heterocycles. The topological polar surface area (TPSA) is 87.0 Å². The predicted octanol–water partition coefficient (Wildman–Crippen LogP) is 0.987. The molecule has 1 aliphatic heterocycles. The molecule has 5 nitrogen and oxygen atoms in total. The molecule has 1 aromatic carbocycles. The molecule has 0 aliphatic carbocycles. The van der Waals surface area contributed by atoms with E-state index in [4.69, 9.17) is 5.26 Å². The maximum absolute atomic E-state index is 12.1. The Labute approximate surface area is 118 Å². The number of nitrogens with one attached hydrogen (secondary N) is 1. The van der Waals surface area contributed by atoms with Gasteiger partial charge < -0.3 is 5.32 Å². The third-order valence-corrected chi connectivity index (χ3v) is 5.15. The van der Waals surface area contributed by atoms with Crippen molar-refractivity contribution in [3.8, 4) is 6.07 Å². The van der Waals surface area contributed by atoms with Gasteiger partial charge in [-0.1, -0.05) is 30.3 Å². The number of amides is 1. The summed E-state index contributed by atoms with van der Waals surface area (Å²) in [6.07, 6.45) is 1.19. The Balaban J connectivity index is 2.06. The highest BCUT2D eigenvalue weighted by atomic mass is 32.2. The fourth-order valence-electron chi connectivity index (χ4n) is 2.35. The lowest BCUT2D eigenvalue weighted by molar-refractivity contribution is -0.122. The van der Waals surface area contributed by atoms with Crippen LogP contribution in [0.2, 0.25) is 0 Å². The Kier molecular flexibility index (Phi) is 4.40. The average Bonchev–Trinajstić information content (AvgIpc) is 2.39. The number of benzene rings is 1. The number of hydrogen-bond donors (Lipinski definition) is 1. The summed E-state index contributed by atoms with van der Waals surface area (Å²) in [6.45, 7) is 0. The quantitative estimate of drug-likeness (QED) is 0.900. The van der Waals surface area contributed by atoms with Crippen LogP contribution in [0.5, 0.6) is 0 Å². The molecule has 1 saturated heterocycles. The van der Waals surface area contributed by atoms with E-state index in [9.17, 15) is 13.2 Å². The second kappa shape index (κ2) is 6.06. The molecule has 0 bridgehead atoms. The summed E-state index contributed by atoms with van der Waals surface area (Å²) in [7, 11) is -3.07. The first-order valence-corrected chi connectivity index (χ1v) is 8.29. The van der Waals surface area contributed by atoms with E-state index in [1.807, 2.05) is 12.1 Å². The van der Waals surface area contributed by atoms with E-state index in [1.54, 1.807) is 24.3 Å². The van der Waals surface area contributed by atoms with Gasteiger partial charge in [0.2, 0.25) is 5.91 Å². The minimum absolute atomic E-state index is 0.0360. The first-order valence-electron chi connectivity index (χ1n) is 6.47. The van der Waals surface area contributed by atoms with E-state index in [1.165, 1.54) is 0 Å². The van der Waals surface area contributed by atoms with Crippen molar-refractivity contribution in [3.05, 3.63) is 35.9 Å². The fourth-order valence-corrected chi connectivity index (χ4v) is 3.99. The van der Waals surface area contributed by atoms with Gasteiger partial charge in [-0.3, -0.25) is 4.79 Å². The molecule has 0 radical (unpaired) electrons. The molecule has 0 aromatic heterocycles. The highest BCUT2D eigenvalue weighted by Crippen LogP contribution is 2.17. The number of carbonyl (C=O) groups excluding carboxylic acids is 1. The molecule has 2 rings (SSSR count). The van der Waals surface area contributed by atoms with Gasteiger partial charge in [0, 0.05) is 6.04 Å². The summed E-state index contributed by atoms with van der Waals surface area (Å²) >= 11 is 0. The molecule has 20 heavy (non-hydrogen) atoms. The van der Waals surface area contributed by atoms with E-state index in [0.29, 0.717) is 18.4 Å². The molecule has 1 fully saturated rings. The van der Waals surface area contributed by atoms with Gasteiger partial charge in [-0.2, -0.15) is 5.26 Å². The molecule has 1 aromatic rings. The molecule has 0 saturated carbocycles. The number of carbonyl (C=O) groups is 1. The minimum Gasteiger partial charge on any atom is -0.351 e. The monoisotopic (exact) mass is 292 g/mol. The average molecular weight is 292 g/mol. The summed E-state index contributed by atoms with van der Waals surface area (Å²) in [5.41, 5.74) is 0.617. The third-order valence-electron chi connectivity index (χ3n) is 3.33. The van der Waals surface area contributed by atoms with Crippen molar-refractivity contribution in [2.24, 2.45) is 0 Å². The van der Waals surface area contributed by atoms with Crippen LogP contribution in [0.3, 0.4) is 0 Å². The van der Waals surface area contributed by atoms with E-state index in [0.717, 1.165) is 0 Å². The third kappa shape index (κ3) is 3.58. The first-order chi connectivity index (χ1) is 9.52. The van der Waals surface area contributed by atoms with Crippen LogP contribution in [-0.2, 0) is 14.6 Å². The zero-order chi connectivity index (χ0) is 14.6. The minimum atomic E-state index is -3.07. The van der Waals surface area contributed by atoms with Crippen LogP contribution in [0.15, 0.2) is 30.3 Å². The van der Waals surface area contributed by atoms with Crippen molar-refractivity contribution in [2.75, 3.05) is 11.5 Å². The van der Waals surface area contributed by atoms with Crippen molar-refractivity contribution < 1.29 is 13.2 Å². The zero-order valence-electron chi connectivity index (χ0n) is 11.0. The molecule has 1 amide bonds. The van der Waals surface area contributed by atoms with Crippen LogP contribution in [0.4, 0.5) is 0 Å².